The van der Waals surface area contributed by atoms with Gasteiger partial charge in [0.25, 0.3) is 0 Å². The van der Waals surface area contributed by atoms with Crippen LogP contribution in [0.4, 0.5) is 5.69 Å². The molecule has 0 saturated carbocycles. The zero-order valence-electron chi connectivity index (χ0n) is 12.6. The molecular formula is C15H24BrNO3. The molecule has 114 valence electrons. The first kappa shape index (κ1) is 17.4. The van der Waals surface area contributed by atoms with Crippen LogP contribution in [0.15, 0.2) is 16.6 Å². The van der Waals surface area contributed by atoms with Crippen molar-refractivity contribution in [2.24, 2.45) is 0 Å². The van der Waals surface area contributed by atoms with Crippen molar-refractivity contribution >= 4 is 21.6 Å². The maximum atomic E-state index is 9.92. The molecule has 0 aliphatic heterocycles. The Labute approximate surface area is 129 Å². The van der Waals surface area contributed by atoms with Crippen LogP contribution < -0.4 is 5.32 Å². The summed E-state index contributed by atoms with van der Waals surface area (Å²) in [7, 11) is 1.63. The van der Waals surface area contributed by atoms with Crippen molar-refractivity contribution in [2.45, 2.75) is 33.0 Å². The van der Waals surface area contributed by atoms with Gasteiger partial charge in [0.1, 0.15) is 0 Å². The monoisotopic (exact) mass is 345 g/mol. The van der Waals surface area contributed by atoms with Crippen LogP contribution in [0.3, 0.4) is 0 Å². The van der Waals surface area contributed by atoms with Gasteiger partial charge in [-0.25, -0.2) is 0 Å². The minimum absolute atomic E-state index is 0.0116. The number of halogens is 1. The third kappa shape index (κ3) is 5.79. The van der Waals surface area contributed by atoms with Gasteiger partial charge in [0.05, 0.1) is 31.1 Å². The van der Waals surface area contributed by atoms with Crippen molar-refractivity contribution in [3.63, 3.8) is 0 Å². The summed E-state index contributed by atoms with van der Waals surface area (Å²) in [6, 6.07) is 4.16. The van der Waals surface area contributed by atoms with E-state index in [1.54, 1.807) is 7.11 Å². The van der Waals surface area contributed by atoms with Gasteiger partial charge < -0.3 is 19.9 Å². The highest BCUT2D eigenvalue weighted by molar-refractivity contribution is 9.10. The van der Waals surface area contributed by atoms with Gasteiger partial charge in [0.2, 0.25) is 0 Å². The van der Waals surface area contributed by atoms with Gasteiger partial charge in [-0.05, 0) is 53.9 Å². The molecule has 0 fully saturated rings. The van der Waals surface area contributed by atoms with E-state index in [2.05, 4.69) is 40.3 Å². The fraction of sp³-hybridized carbons (Fsp3) is 0.600. The van der Waals surface area contributed by atoms with Gasteiger partial charge in [-0.15, -0.1) is 0 Å². The standard InChI is InChI=1S/C15H24BrNO3/c1-10-5-11(2)15(14(16)6-10)17-7-13(18)9-20-12(3)8-19-4/h5-6,12-13,17-18H,7-9H2,1-4H3. The summed E-state index contributed by atoms with van der Waals surface area (Å²) in [5.74, 6) is 0. The average Bonchev–Trinajstić information content (AvgIpc) is 2.35. The summed E-state index contributed by atoms with van der Waals surface area (Å²) in [5, 5.41) is 13.2. The van der Waals surface area contributed by atoms with Gasteiger partial charge in [-0.2, -0.15) is 0 Å². The summed E-state index contributed by atoms with van der Waals surface area (Å²) in [4.78, 5) is 0. The summed E-state index contributed by atoms with van der Waals surface area (Å²) < 4.78 is 11.5. The Kier molecular flexibility index (Phi) is 7.51. The lowest BCUT2D eigenvalue weighted by molar-refractivity contribution is -0.0282. The number of anilines is 1. The zero-order valence-corrected chi connectivity index (χ0v) is 14.2. The SMILES string of the molecule is COCC(C)OCC(O)CNc1c(C)cc(C)cc1Br. The van der Waals surface area contributed by atoms with E-state index in [1.165, 1.54) is 5.56 Å². The molecule has 0 heterocycles. The lowest BCUT2D eigenvalue weighted by Crippen LogP contribution is -2.28. The van der Waals surface area contributed by atoms with Crippen LogP contribution in [0, 0.1) is 13.8 Å². The summed E-state index contributed by atoms with van der Waals surface area (Å²) >= 11 is 3.54. The van der Waals surface area contributed by atoms with Crippen LogP contribution >= 0.6 is 15.9 Å². The summed E-state index contributed by atoms with van der Waals surface area (Å²) in [6.45, 7) is 7.29. The second-order valence-electron chi connectivity index (χ2n) is 5.07. The number of nitrogens with one attached hydrogen (secondary N) is 1. The highest BCUT2D eigenvalue weighted by Gasteiger charge is 2.10. The van der Waals surface area contributed by atoms with Crippen molar-refractivity contribution in [1.29, 1.82) is 0 Å². The average molecular weight is 346 g/mol. The topological polar surface area (TPSA) is 50.7 Å². The lowest BCUT2D eigenvalue weighted by Gasteiger charge is -2.18. The minimum atomic E-state index is -0.554. The Hall–Kier alpha value is -0.620. The predicted octanol–water partition coefficient (Wildman–Crippen LogP) is 2.89. The molecule has 2 unspecified atom stereocenters. The van der Waals surface area contributed by atoms with Crippen molar-refractivity contribution < 1.29 is 14.6 Å². The van der Waals surface area contributed by atoms with Gasteiger partial charge in [0, 0.05) is 18.1 Å². The summed E-state index contributed by atoms with van der Waals surface area (Å²) in [6.07, 6.45) is -0.565. The van der Waals surface area contributed by atoms with Crippen LogP contribution in [0.2, 0.25) is 0 Å². The normalized spacial score (nSPS) is 14.1. The molecule has 4 nitrogen and oxygen atoms in total. The smallest absolute Gasteiger partial charge is 0.0945 e. The number of benzene rings is 1. The molecular weight excluding hydrogens is 322 g/mol. The third-order valence-corrected chi connectivity index (χ3v) is 3.55. The second kappa shape index (κ2) is 8.62. The highest BCUT2D eigenvalue weighted by Crippen LogP contribution is 2.27. The predicted molar refractivity (Wildman–Crippen MR) is 85.4 cm³/mol. The highest BCUT2D eigenvalue weighted by atomic mass is 79.9. The van der Waals surface area contributed by atoms with E-state index >= 15 is 0 Å². The number of aliphatic hydroxyl groups excluding tert-OH is 1. The molecule has 5 heteroatoms. The largest absolute Gasteiger partial charge is 0.389 e. The summed E-state index contributed by atoms with van der Waals surface area (Å²) in [5.41, 5.74) is 3.37. The van der Waals surface area contributed by atoms with Crippen molar-refractivity contribution in [3.8, 4) is 0 Å². The van der Waals surface area contributed by atoms with Crippen LogP contribution in [-0.2, 0) is 9.47 Å². The fourth-order valence-corrected chi connectivity index (χ4v) is 2.79. The minimum Gasteiger partial charge on any atom is -0.389 e. The maximum absolute atomic E-state index is 9.92. The van der Waals surface area contributed by atoms with Crippen molar-refractivity contribution in [2.75, 3.05) is 32.2 Å². The van der Waals surface area contributed by atoms with Crippen molar-refractivity contribution in [1.82, 2.24) is 0 Å². The van der Waals surface area contributed by atoms with E-state index in [4.69, 9.17) is 9.47 Å². The molecule has 0 bridgehead atoms. The third-order valence-electron chi connectivity index (χ3n) is 2.92. The first-order valence-electron chi connectivity index (χ1n) is 6.73. The quantitative estimate of drug-likeness (QED) is 0.760. The number of aryl methyl sites for hydroxylation is 2. The second-order valence-corrected chi connectivity index (χ2v) is 5.93. The van der Waals surface area contributed by atoms with Gasteiger partial charge in [-0.1, -0.05) is 6.07 Å². The van der Waals surface area contributed by atoms with Crippen LogP contribution in [0.1, 0.15) is 18.1 Å². The van der Waals surface area contributed by atoms with Gasteiger partial charge in [0.15, 0.2) is 0 Å². The number of ether oxygens (including phenoxy) is 2. The maximum Gasteiger partial charge on any atom is 0.0945 e. The van der Waals surface area contributed by atoms with Crippen LogP contribution in [0.25, 0.3) is 0 Å². The Morgan fingerprint density at radius 2 is 2.00 bits per heavy atom. The van der Waals surface area contributed by atoms with Gasteiger partial charge in [-0.3, -0.25) is 0 Å². The lowest BCUT2D eigenvalue weighted by atomic mass is 10.1. The number of rotatable bonds is 8. The first-order valence-corrected chi connectivity index (χ1v) is 7.52. The molecule has 0 spiro atoms. The molecule has 2 N–H and O–H groups in total. The van der Waals surface area contributed by atoms with E-state index < -0.39 is 6.10 Å². The van der Waals surface area contributed by atoms with E-state index in [-0.39, 0.29) is 6.10 Å². The van der Waals surface area contributed by atoms with E-state index in [9.17, 15) is 5.11 Å². The number of hydrogen-bond acceptors (Lipinski definition) is 4. The van der Waals surface area contributed by atoms with E-state index in [0.717, 1.165) is 15.7 Å². The Balaban J connectivity index is 2.43. The fourth-order valence-electron chi connectivity index (χ4n) is 1.98. The number of hydrogen-bond donors (Lipinski definition) is 2. The molecule has 0 saturated heterocycles. The van der Waals surface area contributed by atoms with Crippen LogP contribution in [-0.4, -0.2) is 44.2 Å². The van der Waals surface area contributed by atoms with Gasteiger partial charge >= 0.3 is 0 Å². The Morgan fingerprint density at radius 3 is 2.60 bits per heavy atom. The first-order chi connectivity index (χ1) is 9.43. The molecule has 0 radical (unpaired) electrons. The van der Waals surface area contributed by atoms with E-state index in [1.807, 2.05) is 13.8 Å². The van der Waals surface area contributed by atoms with E-state index in [0.29, 0.717) is 19.8 Å². The van der Waals surface area contributed by atoms with Crippen LogP contribution in [0.5, 0.6) is 0 Å². The number of methoxy groups -OCH3 is 1. The molecule has 2 atom stereocenters. The molecule has 0 aliphatic rings. The Morgan fingerprint density at radius 1 is 1.30 bits per heavy atom. The number of aliphatic hydroxyl groups is 1. The molecule has 0 aromatic heterocycles. The molecule has 1 aromatic rings. The molecule has 0 amide bonds. The molecule has 1 aromatic carbocycles. The molecule has 0 aliphatic carbocycles. The Bertz CT molecular complexity index is 403. The molecule has 1 rings (SSSR count). The van der Waals surface area contributed by atoms with Crippen molar-refractivity contribution in [3.05, 3.63) is 27.7 Å². The zero-order chi connectivity index (χ0) is 15.1. The molecule has 20 heavy (non-hydrogen) atoms.